The van der Waals surface area contributed by atoms with E-state index in [9.17, 15) is 4.79 Å². The number of ether oxygens (including phenoxy) is 3. The van der Waals surface area contributed by atoms with Gasteiger partial charge in [-0.25, -0.2) is 4.98 Å². The summed E-state index contributed by atoms with van der Waals surface area (Å²) < 4.78 is 18.5. The molecular formula is C22H27Cl2N5O4. The summed E-state index contributed by atoms with van der Waals surface area (Å²) in [4.78, 5) is 19.8. The predicted octanol–water partition coefficient (Wildman–Crippen LogP) is 3.99. The molecule has 1 fully saturated rings. The van der Waals surface area contributed by atoms with Crippen molar-refractivity contribution < 1.29 is 14.2 Å². The molecule has 1 saturated heterocycles. The summed E-state index contributed by atoms with van der Waals surface area (Å²) in [5.41, 5.74) is 1.57. The Morgan fingerprint density at radius 1 is 1.21 bits per heavy atom. The minimum absolute atomic E-state index is 0.0724. The van der Waals surface area contributed by atoms with E-state index < -0.39 is 0 Å². The van der Waals surface area contributed by atoms with E-state index in [0.29, 0.717) is 59.9 Å². The lowest BCUT2D eigenvalue weighted by Gasteiger charge is -2.22. The smallest absolute Gasteiger partial charge is 0.278 e. The fraction of sp³-hybridized carbons (Fsp3) is 0.500. The van der Waals surface area contributed by atoms with Crippen LogP contribution in [0.4, 0.5) is 5.95 Å². The van der Waals surface area contributed by atoms with Gasteiger partial charge in [0.05, 0.1) is 36.0 Å². The van der Waals surface area contributed by atoms with Crippen molar-refractivity contribution in [2.45, 2.75) is 45.1 Å². The zero-order chi connectivity index (χ0) is 23.0. The number of aromatic nitrogens is 4. The average Bonchev–Trinajstić information content (AvgIpc) is 3.23. The molecule has 0 radical (unpaired) electrons. The highest BCUT2D eigenvalue weighted by Crippen LogP contribution is 2.23. The normalized spacial score (nSPS) is 16.4. The molecule has 0 saturated carbocycles. The number of anilines is 1. The maximum Gasteiger partial charge on any atom is 0.278 e. The van der Waals surface area contributed by atoms with E-state index in [1.165, 1.54) is 0 Å². The molecule has 0 bridgehead atoms. The molecular weight excluding hydrogens is 469 g/mol. The van der Waals surface area contributed by atoms with Gasteiger partial charge in [0.15, 0.2) is 11.8 Å². The second-order valence-electron chi connectivity index (χ2n) is 7.75. The lowest BCUT2D eigenvalue weighted by atomic mass is 10.2. The molecule has 2 aromatic heterocycles. The van der Waals surface area contributed by atoms with Crippen molar-refractivity contribution in [3.63, 3.8) is 0 Å². The number of rotatable bonds is 11. The van der Waals surface area contributed by atoms with Crippen LogP contribution in [0.5, 0.6) is 0 Å². The maximum absolute atomic E-state index is 12.6. The molecule has 3 heterocycles. The lowest BCUT2D eigenvalue weighted by molar-refractivity contribution is -0.164. The summed E-state index contributed by atoms with van der Waals surface area (Å²) in [6, 6.07) is 5.35. The highest BCUT2D eigenvalue weighted by atomic mass is 35.5. The Balaban J connectivity index is 1.23. The van der Waals surface area contributed by atoms with E-state index in [1.54, 1.807) is 23.0 Å². The minimum atomic E-state index is -0.268. The molecule has 4 rings (SSSR count). The monoisotopic (exact) mass is 495 g/mol. The van der Waals surface area contributed by atoms with Crippen molar-refractivity contribution in [2.24, 2.45) is 0 Å². The van der Waals surface area contributed by atoms with E-state index in [1.807, 2.05) is 6.07 Å². The molecule has 33 heavy (non-hydrogen) atoms. The zero-order valence-electron chi connectivity index (χ0n) is 18.2. The van der Waals surface area contributed by atoms with E-state index >= 15 is 0 Å². The number of hydrogen-bond acceptors (Lipinski definition) is 7. The number of nitrogens with one attached hydrogen (secondary N) is 2. The number of aromatic amines is 1. The van der Waals surface area contributed by atoms with Crippen LogP contribution in [0, 0.1) is 0 Å². The molecule has 9 nitrogen and oxygen atoms in total. The number of benzene rings is 1. The van der Waals surface area contributed by atoms with E-state index in [4.69, 9.17) is 37.4 Å². The van der Waals surface area contributed by atoms with Gasteiger partial charge in [-0.2, -0.15) is 5.10 Å². The van der Waals surface area contributed by atoms with Gasteiger partial charge >= 0.3 is 0 Å². The van der Waals surface area contributed by atoms with Gasteiger partial charge in [-0.1, -0.05) is 29.3 Å². The topological polar surface area (TPSA) is 103 Å². The first-order valence-electron chi connectivity index (χ1n) is 11.0. The van der Waals surface area contributed by atoms with Gasteiger partial charge in [-0.05, 0) is 43.4 Å². The fourth-order valence-electron chi connectivity index (χ4n) is 3.57. The summed E-state index contributed by atoms with van der Waals surface area (Å²) >= 11 is 12.0. The quantitative estimate of drug-likeness (QED) is 0.387. The molecule has 11 heteroatoms. The number of halogens is 2. The first-order valence-corrected chi connectivity index (χ1v) is 11.8. The fourth-order valence-corrected chi connectivity index (χ4v) is 3.89. The molecule has 1 aliphatic heterocycles. The van der Waals surface area contributed by atoms with Gasteiger partial charge in [-0.3, -0.25) is 14.5 Å². The second kappa shape index (κ2) is 11.8. The summed E-state index contributed by atoms with van der Waals surface area (Å²) in [5, 5.41) is 8.35. The number of nitrogens with zero attached hydrogens (tertiary/aromatic N) is 3. The third-order valence-corrected chi connectivity index (χ3v) is 6.00. The van der Waals surface area contributed by atoms with E-state index in [2.05, 4.69) is 20.4 Å². The third-order valence-electron chi connectivity index (χ3n) is 5.27. The first kappa shape index (κ1) is 24.0. The van der Waals surface area contributed by atoms with Crippen LogP contribution in [0.2, 0.25) is 10.0 Å². The van der Waals surface area contributed by atoms with E-state index in [-0.39, 0.29) is 11.8 Å². The molecule has 1 atom stereocenters. The van der Waals surface area contributed by atoms with Crippen LogP contribution in [0.25, 0.3) is 11.0 Å². The average molecular weight is 496 g/mol. The molecule has 0 spiro atoms. The Kier molecular flexibility index (Phi) is 8.57. The predicted molar refractivity (Wildman–Crippen MR) is 127 cm³/mol. The number of H-pyrrole nitrogens is 1. The van der Waals surface area contributed by atoms with Crippen LogP contribution in [-0.2, 0) is 27.3 Å². The molecule has 3 aromatic rings. The lowest BCUT2D eigenvalue weighted by Crippen LogP contribution is -2.23. The summed E-state index contributed by atoms with van der Waals surface area (Å²) in [7, 11) is 0. The molecule has 2 N–H and O–H groups in total. The van der Waals surface area contributed by atoms with Crippen LogP contribution < -0.4 is 10.9 Å². The standard InChI is InChI=1S/C22H27Cl2N5O4/c23-16-6-5-15(12-17(16)24)13-25-22-27-18-14-26-29(20(18)21(30)28-22)7-11-31-8-3-10-33-19-4-1-2-9-32-19/h5-6,12,14,19H,1-4,7-11,13H2,(H2,25,27,28,30). The molecule has 0 aliphatic carbocycles. The first-order chi connectivity index (χ1) is 16.1. The third kappa shape index (κ3) is 6.68. The maximum atomic E-state index is 12.6. The molecule has 1 aromatic carbocycles. The highest BCUT2D eigenvalue weighted by molar-refractivity contribution is 6.42. The molecule has 178 valence electrons. The Morgan fingerprint density at radius 3 is 2.94 bits per heavy atom. The van der Waals surface area contributed by atoms with E-state index in [0.717, 1.165) is 37.9 Å². The Hall–Kier alpha value is -2.17. The van der Waals surface area contributed by atoms with Crippen molar-refractivity contribution in [1.29, 1.82) is 0 Å². The zero-order valence-corrected chi connectivity index (χ0v) is 19.7. The Morgan fingerprint density at radius 2 is 2.12 bits per heavy atom. The van der Waals surface area contributed by atoms with Crippen molar-refractivity contribution in [2.75, 3.05) is 31.7 Å². The molecule has 0 amide bonds. The van der Waals surface area contributed by atoms with Gasteiger partial charge in [0, 0.05) is 19.8 Å². The molecule has 1 aliphatic rings. The SMILES string of the molecule is O=c1[nH]c(NCc2ccc(Cl)c(Cl)c2)nc2cnn(CCOCCCOC3CCCCO3)c12. The summed E-state index contributed by atoms with van der Waals surface area (Å²) in [6.07, 6.45) is 5.52. The van der Waals surface area contributed by atoms with Crippen molar-refractivity contribution in [1.82, 2.24) is 19.7 Å². The number of fused-ring (bicyclic) bond motifs is 1. The van der Waals surface area contributed by atoms with Gasteiger partial charge in [0.25, 0.3) is 5.56 Å². The summed E-state index contributed by atoms with van der Waals surface area (Å²) in [6.45, 7) is 3.29. The minimum Gasteiger partial charge on any atom is -0.379 e. The second-order valence-corrected chi connectivity index (χ2v) is 8.57. The largest absolute Gasteiger partial charge is 0.379 e. The van der Waals surface area contributed by atoms with Crippen LogP contribution in [0.1, 0.15) is 31.2 Å². The Bertz CT molecular complexity index is 1110. The Labute approximate surface area is 201 Å². The molecule has 1 unspecified atom stereocenters. The van der Waals surface area contributed by atoms with Crippen molar-refractivity contribution in [3.05, 3.63) is 50.4 Å². The van der Waals surface area contributed by atoms with Crippen LogP contribution >= 0.6 is 23.2 Å². The van der Waals surface area contributed by atoms with Crippen molar-refractivity contribution in [3.8, 4) is 0 Å². The number of hydrogen-bond donors (Lipinski definition) is 2. The highest BCUT2D eigenvalue weighted by Gasteiger charge is 2.13. The van der Waals surface area contributed by atoms with Gasteiger partial charge in [0.1, 0.15) is 5.52 Å². The summed E-state index contributed by atoms with van der Waals surface area (Å²) in [5.74, 6) is 0.358. The van der Waals surface area contributed by atoms with Crippen LogP contribution in [0.3, 0.4) is 0 Å². The van der Waals surface area contributed by atoms with Gasteiger partial charge < -0.3 is 19.5 Å². The van der Waals surface area contributed by atoms with Gasteiger partial charge in [0.2, 0.25) is 5.95 Å². The van der Waals surface area contributed by atoms with Gasteiger partial charge in [-0.15, -0.1) is 0 Å². The van der Waals surface area contributed by atoms with Crippen LogP contribution in [-0.4, -0.2) is 52.5 Å². The van der Waals surface area contributed by atoms with Crippen LogP contribution in [0.15, 0.2) is 29.2 Å². The van der Waals surface area contributed by atoms with Crippen molar-refractivity contribution >= 4 is 40.2 Å².